The number of carbonyl (C=O) groups excluding carboxylic acids is 1. The van der Waals surface area contributed by atoms with Crippen LogP contribution in [-0.2, 0) is 11.3 Å². The molecule has 1 N–H and O–H groups in total. The van der Waals surface area contributed by atoms with Gasteiger partial charge in [-0.3, -0.25) is 14.5 Å². The maximum absolute atomic E-state index is 11.8. The average molecular weight is 342 g/mol. The third-order valence-corrected chi connectivity index (χ3v) is 3.69. The van der Waals surface area contributed by atoms with Gasteiger partial charge in [-0.25, -0.2) is 0 Å². The zero-order chi connectivity index (χ0) is 18.2. The van der Waals surface area contributed by atoms with E-state index in [4.69, 9.17) is 6.42 Å². The lowest BCUT2D eigenvalue weighted by Gasteiger charge is -2.01. The second kappa shape index (κ2) is 8.45. The molecule has 0 aliphatic heterocycles. The Labute approximate surface area is 152 Å². The van der Waals surface area contributed by atoms with E-state index >= 15 is 0 Å². The summed E-state index contributed by atoms with van der Waals surface area (Å²) in [6.07, 6.45) is 13.7. The van der Waals surface area contributed by atoms with Crippen molar-refractivity contribution < 1.29 is 4.79 Å². The first kappa shape index (κ1) is 17.2. The molecular formula is C21H18N4O. The number of amides is 1. The number of nitrogens with one attached hydrogen (secondary N) is 1. The van der Waals surface area contributed by atoms with Gasteiger partial charge in [-0.15, -0.1) is 6.42 Å². The molecule has 2 heterocycles. The van der Waals surface area contributed by atoms with Crippen molar-refractivity contribution in [2.75, 3.05) is 6.54 Å². The molecule has 0 saturated heterocycles. The Bertz CT molecular complexity index is 937. The molecule has 1 amide bonds. The molecule has 0 atom stereocenters. The van der Waals surface area contributed by atoms with E-state index in [1.165, 1.54) is 6.08 Å². The standard InChI is InChI=1S/C21H18N4O/c1-2-12-23-20(26)11-10-19-16-25(15-17-7-4-3-5-8-17)24-21(19)18-9-6-13-22-14-18/h1,3-11,13-14,16H,12,15H2,(H,23,26). The van der Waals surface area contributed by atoms with Gasteiger partial charge in [0.15, 0.2) is 0 Å². The van der Waals surface area contributed by atoms with Crippen LogP contribution in [0, 0.1) is 12.3 Å². The van der Waals surface area contributed by atoms with E-state index in [2.05, 4.69) is 21.3 Å². The van der Waals surface area contributed by atoms with Crippen LogP contribution >= 0.6 is 0 Å². The first-order chi connectivity index (χ1) is 12.8. The summed E-state index contributed by atoms with van der Waals surface area (Å²) in [5.74, 6) is 2.13. The van der Waals surface area contributed by atoms with Gasteiger partial charge >= 0.3 is 0 Å². The highest BCUT2D eigenvalue weighted by Crippen LogP contribution is 2.22. The van der Waals surface area contributed by atoms with Gasteiger partial charge in [0.25, 0.3) is 0 Å². The number of hydrogen-bond donors (Lipinski definition) is 1. The van der Waals surface area contributed by atoms with Crippen molar-refractivity contribution in [1.29, 1.82) is 0 Å². The van der Waals surface area contributed by atoms with Gasteiger partial charge in [0.1, 0.15) is 5.69 Å². The number of hydrogen-bond acceptors (Lipinski definition) is 3. The highest BCUT2D eigenvalue weighted by molar-refractivity contribution is 5.92. The topological polar surface area (TPSA) is 59.8 Å². The molecule has 0 spiro atoms. The highest BCUT2D eigenvalue weighted by Gasteiger charge is 2.10. The lowest BCUT2D eigenvalue weighted by atomic mass is 10.1. The predicted molar refractivity (Wildman–Crippen MR) is 102 cm³/mol. The zero-order valence-electron chi connectivity index (χ0n) is 14.2. The first-order valence-electron chi connectivity index (χ1n) is 8.17. The van der Waals surface area contributed by atoms with Crippen LogP contribution in [0.2, 0.25) is 0 Å². The summed E-state index contributed by atoms with van der Waals surface area (Å²) >= 11 is 0. The number of aromatic nitrogens is 3. The number of terminal acetylenes is 1. The molecule has 0 bridgehead atoms. The molecule has 26 heavy (non-hydrogen) atoms. The van der Waals surface area contributed by atoms with Crippen molar-refractivity contribution in [3.05, 3.63) is 78.3 Å². The minimum atomic E-state index is -0.240. The third kappa shape index (κ3) is 4.46. The van der Waals surface area contributed by atoms with Gasteiger partial charge < -0.3 is 5.32 Å². The third-order valence-electron chi connectivity index (χ3n) is 3.69. The van der Waals surface area contributed by atoms with Crippen molar-refractivity contribution in [2.45, 2.75) is 6.54 Å². The second-order valence-corrected chi connectivity index (χ2v) is 5.61. The number of rotatable bonds is 6. The molecule has 3 rings (SSSR count). The Kier molecular flexibility index (Phi) is 5.58. The van der Waals surface area contributed by atoms with Crippen molar-refractivity contribution in [3.8, 4) is 23.6 Å². The molecule has 1 aromatic carbocycles. The van der Waals surface area contributed by atoms with Crippen LogP contribution in [0.25, 0.3) is 17.3 Å². The number of nitrogens with zero attached hydrogens (tertiary/aromatic N) is 3. The van der Waals surface area contributed by atoms with E-state index in [1.54, 1.807) is 18.5 Å². The average Bonchev–Trinajstić information content (AvgIpc) is 3.09. The van der Waals surface area contributed by atoms with Crippen molar-refractivity contribution in [3.63, 3.8) is 0 Å². The van der Waals surface area contributed by atoms with Gasteiger partial charge in [0, 0.05) is 35.8 Å². The summed E-state index contributed by atoms with van der Waals surface area (Å²) in [4.78, 5) is 15.9. The molecule has 0 aliphatic carbocycles. The van der Waals surface area contributed by atoms with Crippen LogP contribution in [0.3, 0.4) is 0 Å². The molecule has 5 nitrogen and oxygen atoms in total. The monoisotopic (exact) mass is 342 g/mol. The summed E-state index contributed by atoms with van der Waals surface area (Å²) in [6.45, 7) is 0.844. The maximum Gasteiger partial charge on any atom is 0.244 e. The molecule has 0 unspecified atom stereocenters. The van der Waals surface area contributed by atoms with Crippen LogP contribution in [0.1, 0.15) is 11.1 Å². The Morgan fingerprint density at radius 2 is 2.08 bits per heavy atom. The van der Waals surface area contributed by atoms with Crippen molar-refractivity contribution >= 4 is 12.0 Å². The van der Waals surface area contributed by atoms with Crippen LogP contribution in [-0.4, -0.2) is 27.2 Å². The van der Waals surface area contributed by atoms with Gasteiger partial charge in [0.05, 0.1) is 13.1 Å². The van der Waals surface area contributed by atoms with Gasteiger partial charge in [-0.2, -0.15) is 5.10 Å². The Morgan fingerprint density at radius 1 is 1.23 bits per heavy atom. The van der Waals surface area contributed by atoms with Crippen molar-refractivity contribution in [2.24, 2.45) is 0 Å². The van der Waals surface area contributed by atoms with Crippen LogP contribution in [0.4, 0.5) is 0 Å². The van der Waals surface area contributed by atoms with Gasteiger partial charge in [-0.1, -0.05) is 36.3 Å². The summed E-state index contributed by atoms with van der Waals surface area (Å²) in [6, 6.07) is 13.9. The molecule has 0 saturated carbocycles. The zero-order valence-corrected chi connectivity index (χ0v) is 14.2. The molecule has 5 heteroatoms. The van der Waals surface area contributed by atoms with Crippen LogP contribution in [0.15, 0.2) is 67.1 Å². The fourth-order valence-corrected chi connectivity index (χ4v) is 2.50. The summed E-state index contributed by atoms with van der Waals surface area (Å²) < 4.78 is 1.86. The molecule has 3 aromatic rings. The number of carbonyl (C=O) groups is 1. The molecular weight excluding hydrogens is 324 g/mol. The fraction of sp³-hybridized carbons (Fsp3) is 0.0952. The molecule has 128 valence electrons. The minimum Gasteiger partial charge on any atom is -0.342 e. The van der Waals surface area contributed by atoms with E-state index < -0.39 is 0 Å². The second-order valence-electron chi connectivity index (χ2n) is 5.61. The van der Waals surface area contributed by atoms with Gasteiger partial charge in [0.2, 0.25) is 5.91 Å². The molecule has 0 aliphatic rings. The smallest absolute Gasteiger partial charge is 0.244 e. The van der Waals surface area contributed by atoms with Crippen LogP contribution in [0.5, 0.6) is 0 Å². The van der Waals surface area contributed by atoms with E-state index in [-0.39, 0.29) is 12.5 Å². The Morgan fingerprint density at radius 3 is 2.81 bits per heavy atom. The first-order valence-corrected chi connectivity index (χ1v) is 8.17. The molecule has 0 radical (unpaired) electrons. The molecule has 2 aromatic heterocycles. The van der Waals surface area contributed by atoms with Crippen LogP contribution < -0.4 is 5.32 Å². The van der Waals surface area contributed by atoms with E-state index in [9.17, 15) is 4.79 Å². The Balaban J connectivity index is 1.89. The number of pyridine rings is 1. The predicted octanol–water partition coefficient (Wildman–Crippen LogP) is 2.76. The summed E-state index contributed by atoms with van der Waals surface area (Å²) in [7, 11) is 0. The number of benzene rings is 1. The van der Waals surface area contributed by atoms with Crippen molar-refractivity contribution in [1.82, 2.24) is 20.1 Å². The Hall–Kier alpha value is -3.65. The van der Waals surface area contributed by atoms with Gasteiger partial charge in [-0.05, 0) is 23.8 Å². The lowest BCUT2D eigenvalue weighted by molar-refractivity contribution is -0.116. The van der Waals surface area contributed by atoms with E-state index in [1.807, 2.05) is 53.3 Å². The summed E-state index contributed by atoms with van der Waals surface area (Å²) in [5.41, 5.74) is 3.65. The highest BCUT2D eigenvalue weighted by atomic mass is 16.1. The molecule has 0 fully saturated rings. The normalized spacial score (nSPS) is 10.6. The quantitative estimate of drug-likeness (QED) is 0.553. The lowest BCUT2D eigenvalue weighted by Crippen LogP contribution is -2.20. The fourth-order valence-electron chi connectivity index (χ4n) is 2.50. The largest absolute Gasteiger partial charge is 0.342 e. The van der Waals surface area contributed by atoms with E-state index in [0.717, 1.165) is 22.4 Å². The summed E-state index contributed by atoms with van der Waals surface area (Å²) in [5, 5.41) is 7.28. The maximum atomic E-state index is 11.8. The SMILES string of the molecule is C#CCNC(=O)C=Cc1cn(Cc2ccccc2)nc1-c1cccnc1. The minimum absolute atomic E-state index is 0.200. The van der Waals surface area contributed by atoms with E-state index in [0.29, 0.717) is 6.54 Å².